The van der Waals surface area contributed by atoms with Crippen molar-refractivity contribution in [1.82, 2.24) is 19.8 Å². The van der Waals surface area contributed by atoms with Crippen LogP contribution in [0.4, 0.5) is 0 Å². The van der Waals surface area contributed by atoms with E-state index in [0.717, 1.165) is 22.4 Å². The van der Waals surface area contributed by atoms with Crippen LogP contribution in [-0.2, 0) is 11.3 Å². The maximum absolute atomic E-state index is 13.1. The lowest BCUT2D eigenvalue weighted by Gasteiger charge is -2.22. The fraction of sp³-hybridized carbons (Fsp3) is 0.240. The van der Waals surface area contributed by atoms with E-state index in [0.29, 0.717) is 38.2 Å². The summed E-state index contributed by atoms with van der Waals surface area (Å²) < 4.78 is 0. The van der Waals surface area contributed by atoms with Gasteiger partial charge in [-0.2, -0.15) is 0 Å². The summed E-state index contributed by atoms with van der Waals surface area (Å²) in [4.78, 5) is 37.0. The second kappa shape index (κ2) is 7.87. The molecule has 4 aromatic rings. The second-order valence-electron chi connectivity index (χ2n) is 8.09. The molecule has 3 aromatic carbocycles. The lowest BCUT2D eigenvalue weighted by Crippen LogP contribution is -2.35. The van der Waals surface area contributed by atoms with Gasteiger partial charge in [-0.15, -0.1) is 0 Å². The molecular weight excluding hydrogens is 388 g/mol. The molecule has 0 aliphatic carbocycles. The number of hydrogen-bond acceptors (Lipinski definition) is 3. The third-order valence-electron chi connectivity index (χ3n) is 5.91. The first-order valence-electron chi connectivity index (χ1n) is 10.6. The first-order valence-corrected chi connectivity index (χ1v) is 10.6. The number of aryl methyl sites for hydroxylation is 1. The topological polar surface area (TPSA) is 69.3 Å². The zero-order valence-corrected chi connectivity index (χ0v) is 17.5. The summed E-state index contributed by atoms with van der Waals surface area (Å²) in [5.74, 6) is 0.863. The molecule has 0 atom stereocenters. The minimum Gasteiger partial charge on any atom is -0.342 e. The molecule has 0 unspecified atom stereocenters. The average molecular weight is 412 g/mol. The number of imidazole rings is 1. The van der Waals surface area contributed by atoms with Crippen LogP contribution in [0.5, 0.6) is 0 Å². The summed E-state index contributed by atoms with van der Waals surface area (Å²) in [5.41, 5.74) is 3.42. The fourth-order valence-corrected chi connectivity index (χ4v) is 4.25. The molecule has 1 saturated heterocycles. The molecule has 1 aliphatic heterocycles. The van der Waals surface area contributed by atoms with Gasteiger partial charge in [-0.1, -0.05) is 36.4 Å². The normalized spacial score (nSPS) is 14.9. The highest BCUT2D eigenvalue weighted by molar-refractivity contribution is 5.97. The van der Waals surface area contributed by atoms with Crippen molar-refractivity contribution in [2.45, 2.75) is 19.9 Å². The molecular formula is C25H24N4O2. The highest BCUT2D eigenvalue weighted by Gasteiger charge is 2.25. The van der Waals surface area contributed by atoms with E-state index in [-0.39, 0.29) is 11.8 Å². The van der Waals surface area contributed by atoms with Crippen molar-refractivity contribution in [3.8, 4) is 0 Å². The quantitative estimate of drug-likeness (QED) is 0.555. The van der Waals surface area contributed by atoms with Gasteiger partial charge < -0.3 is 14.8 Å². The van der Waals surface area contributed by atoms with Crippen LogP contribution >= 0.6 is 0 Å². The number of nitrogens with one attached hydrogen (secondary N) is 1. The third kappa shape index (κ3) is 3.89. The molecule has 1 fully saturated rings. The van der Waals surface area contributed by atoms with Gasteiger partial charge in [-0.05, 0) is 47.5 Å². The minimum absolute atomic E-state index is 0.0468. The Balaban J connectivity index is 1.30. The molecule has 6 nitrogen and oxygen atoms in total. The standard InChI is InChI=1S/C25H24N4O2/c1-17-26-22-9-8-21(15-23(22)27-17)25(31)28-11-10-24(30)29(13-12-28)16-18-6-7-19-4-2-3-5-20(19)14-18/h2-9,14-15H,10-13,16H2,1H3,(H,26,27). The Labute approximate surface area is 180 Å². The highest BCUT2D eigenvalue weighted by Crippen LogP contribution is 2.19. The zero-order chi connectivity index (χ0) is 21.4. The van der Waals surface area contributed by atoms with Gasteiger partial charge in [0, 0.05) is 38.2 Å². The highest BCUT2D eigenvalue weighted by atomic mass is 16.2. The molecule has 1 aliphatic rings. The predicted molar refractivity (Wildman–Crippen MR) is 121 cm³/mol. The number of hydrogen-bond donors (Lipinski definition) is 1. The number of rotatable bonds is 3. The second-order valence-corrected chi connectivity index (χ2v) is 8.09. The Bertz CT molecular complexity index is 1290. The Kier molecular flexibility index (Phi) is 4.90. The molecule has 0 saturated carbocycles. The molecule has 0 radical (unpaired) electrons. The van der Waals surface area contributed by atoms with Crippen molar-refractivity contribution < 1.29 is 9.59 Å². The summed E-state index contributed by atoms with van der Waals surface area (Å²) in [6, 6.07) is 20.0. The molecule has 31 heavy (non-hydrogen) atoms. The molecule has 1 aromatic heterocycles. The van der Waals surface area contributed by atoms with Crippen LogP contribution in [0.1, 0.15) is 28.2 Å². The molecule has 6 heteroatoms. The van der Waals surface area contributed by atoms with Crippen LogP contribution < -0.4 is 0 Å². The number of benzene rings is 3. The number of carbonyl (C=O) groups is 2. The minimum atomic E-state index is -0.0468. The number of aromatic nitrogens is 2. The summed E-state index contributed by atoms with van der Waals surface area (Å²) in [7, 11) is 0. The van der Waals surface area contributed by atoms with E-state index < -0.39 is 0 Å². The van der Waals surface area contributed by atoms with Crippen LogP contribution in [0.15, 0.2) is 60.7 Å². The number of amides is 2. The van der Waals surface area contributed by atoms with Crippen LogP contribution in [0, 0.1) is 6.92 Å². The van der Waals surface area contributed by atoms with Crippen molar-refractivity contribution in [3.63, 3.8) is 0 Å². The maximum Gasteiger partial charge on any atom is 0.254 e. The van der Waals surface area contributed by atoms with Crippen LogP contribution in [0.2, 0.25) is 0 Å². The smallest absolute Gasteiger partial charge is 0.254 e. The Morgan fingerprint density at radius 1 is 1.00 bits per heavy atom. The van der Waals surface area contributed by atoms with E-state index in [4.69, 9.17) is 0 Å². The summed E-state index contributed by atoms with van der Waals surface area (Å²) in [6.07, 6.45) is 0.338. The molecule has 0 bridgehead atoms. The molecule has 156 valence electrons. The Hall–Kier alpha value is -3.67. The van der Waals surface area contributed by atoms with Gasteiger partial charge in [0.25, 0.3) is 5.91 Å². The molecule has 5 rings (SSSR count). The van der Waals surface area contributed by atoms with E-state index in [1.807, 2.05) is 42.2 Å². The lowest BCUT2D eigenvalue weighted by molar-refractivity contribution is -0.130. The van der Waals surface area contributed by atoms with E-state index in [9.17, 15) is 9.59 Å². The average Bonchev–Trinajstić information content (AvgIpc) is 3.06. The van der Waals surface area contributed by atoms with E-state index in [2.05, 4.69) is 40.3 Å². The van der Waals surface area contributed by atoms with Gasteiger partial charge >= 0.3 is 0 Å². The molecule has 2 heterocycles. The number of nitrogens with zero attached hydrogens (tertiary/aromatic N) is 3. The maximum atomic E-state index is 13.1. The van der Waals surface area contributed by atoms with Crippen molar-refractivity contribution >= 4 is 33.6 Å². The number of fused-ring (bicyclic) bond motifs is 2. The molecule has 2 amide bonds. The number of H-pyrrole nitrogens is 1. The van der Waals surface area contributed by atoms with Gasteiger partial charge in [0.2, 0.25) is 5.91 Å². The third-order valence-corrected chi connectivity index (χ3v) is 5.91. The number of carbonyl (C=O) groups excluding carboxylic acids is 2. The van der Waals surface area contributed by atoms with E-state index in [1.165, 1.54) is 10.8 Å². The van der Waals surface area contributed by atoms with Gasteiger partial charge in [0.15, 0.2) is 0 Å². The zero-order valence-electron chi connectivity index (χ0n) is 17.5. The lowest BCUT2D eigenvalue weighted by atomic mass is 10.1. The number of aromatic amines is 1. The van der Waals surface area contributed by atoms with Gasteiger partial charge in [-0.25, -0.2) is 4.98 Å². The van der Waals surface area contributed by atoms with Crippen molar-refractivity contribution in [3.05, 3.63) is 77.6 Å². The van der Waals surface area contributed by atoms with Gasteiger partial charge in [0.05, 0.1) is 11.0 Å². The monoisotopic (exact) mass is 412 g/mol. The summed E-state index contributed by atoms with van der Waals surface area (Å²) in [5, 5.41) is 2.36. The Morgan fingerprint density at radius 3 is 2.71 bits per heavy atom. The SMILES string of the molecule is Cc1nc2ccc(C(=O)N3CCC(=O)N(Cc4ccc5ccccc5c4)CC3)cc2[nH]1. The van der Waals surface area contributed by atoms with Crippen LogP contribution in [0.25, 0.3) is 21.8 Å². The largest absolute Gasteiger partial charge is 0.342 e. The van der Waals surface area contributed by atoms with Crippen molar-refractivity contribution in [2.75, 3.05) is 19.6 Å². The fourth-order valence-electron chi connectivity index (χ4n) is 4.25. The van der Waals surface area contributed by atoms with Gasteiger partial charge in [-0.3, -0.25) is 9.59 Å². The predicted octanol–water partition coefficient (Wildman–Crippen LogP) is 3.90. The molecule has 1 N–H and O–H groups in total. The first kappa shape index (κ1) is 19.3. The molecule has 0 spiro atoms. The summed E-state index contributed by atoms with van der Waals surface area (Å²) in [6.45, 7) is 3.95. The van der Waals surface area contributed by atoms with Crippen LogP contribution in [-0.4, -0.2) is 51.2 Å². The van der Waals surface area contributed by atoms with Crippen molar-refractivity contribution in [2.24, 2.45) is 0 Å². The van der Waals surface area contributed by atoms with E-state index in [1.54, 1.807) is 4.90 Å². The van der Waals surface area contributed by atoms with Crippen LogP contribution in [0.3, 0.4) is 0 Å². The van der Waals surface area contributed by atoms with Crippen molar-refractivity contribution in [1.29, 1.82) is 0 Å². The summed E-state index contributed by atoms with van der Waals surface area (Å²) >= 11 is 0. The van der Waals surface area contributed by atoms with E-state index >= 15 is 0 Å². The Morgan fingerprint density at radius 2 is 1.84 bits per heavy atom. The first-order chi connectivity index (χ1) is 15.1. The van der Waals surface area contributed by atoms with Gasteiger partial charge in [0.1, 0.15) is 5.82 Å².